The zero-order chi connectivity index (χ0) is 32.7. The molecule has 0 aromatic heterocycles. The predicted molar refractivity (Wildman–Crippen MR) is 178 cm³/mol. The van der Waals surface area contributed by atoms with Crippen molar-refractivity contribution in [2.75, 3.05) is 52.0 Å². The van der Waals surface area contributed by atoms with Crippen LogP contribution in [0.25, 0.3) is 0 Å². The SMILES string of the molecule is COCCCN1CCOc2ccc(CO[C@H]3CN(S(=O)(=O)c4ccc(C)cc4)[C@@H](CC(C)C#N)CC3c3ccc(OC)cc3)cc21. The maximum absolute atomic E-state index is 14.2. The molecule has 5 rings (SSSR count). The second-order valence-corrected chi connectivity index (χ2v) is 14.1. The highest BCUT2D eigenvalue weighted by Gasteiger charge is 2.43. The Morgan fingerprint density at radius 3 is 2.52 bits per heavy atom. The van der Waals surface area contributed by atoms with Crippen molar-refractivity contribution in [1.29, 1.82) is 5.26 Å². The summed E-state index contributed by atoms with van der Waals surface area (Å²) in [6.07, 6.45) is 1.45. The number of piperidine rings is 1. The molecule has 3 aromatic rings. The number of aryl methyl sites for hydroxylation is 1. The highest BCUT2D eigenvalue weighted by atomic mass is 32.2. The third-order valence-corrected chi connectivity index (χ3v) is 10.9. The van der Waals surface area contributed by atoms with E-state index in [9.17, 15) is 13.7 Å². The second-order valence-electron chi connectivity index (χ2n) is 12.3. The van der Waals surface area contributed by atoms with E-state index in [4.69, 9.17) is 18.9 Å². The van der Waals surface area contributed by atoms with Crippen molar-refractivity contribution in [3.63, 3.8) is 0 Å². The van der Waals surface area contributed by atoms with Crippen LogP contribution in [0.15, 0.2) is 71.6 Å². The van der Waals surface area contributed by atoms with Crippen LogP contribution in [0, 0.1) is 24.2 Å². The van der Waals surface area contributed by atoms with Crippen LogP contribution in [0.1, 0.15) is 48.8 Å². The average Bonchev–Trinajstić information content (AvgIpc) is 3.07. The number of rotatable bonds is 13. The molecule has 0 amide bonds. The molecule has 46 heavy (non-hydrogen) atoms. The third kappa shape index (κ3) is 7.84. The molecule has 2 aliphatic heterocycles. The first kappa shape index (κ1) is 33.7. The molecule has 0 N–H and O–H groups in total. The highest BCUT2D eigenvalue weighted by molar-refractivity contribution is 7.89. The molecule has 0 saturated carbocycles. The lowest BCUT2D eigenvalue weighted by Gasteiger charge is -2.43. The van der Waals surface area contributed by atoms with E-state index in [0.29, 0.717) is 32.7 Å². The first-order chi connectivity index (χ1) is 22.2. The summed E-state index contributed by atoms with van der Waals surface area (Å²) in [5.74, 6) is 1.21. The van der Waals surface area contributed by atoms with Crippen LogP contribution in [0.2, 0.25) is 0 Å². The number of fused-ring (bicyclic) bond motifs is 1. The lowest BCUT2D eigenvalue weighted by molar-refractivity contribution is -0.0217. The molecule has 1 fully saturated rings. The van der Waals surface area contributed by atoms with Gasteiger partial charge in [0.05, 0.1) is 43.0 Å². The number of benzene rings is 3. The smallest absolute Gasteiger partial charge is 0.243 e. The van der Waals surface area contributed by atoms with Crippen LogP contribution in [0.3, 0.4) is 0 Å². The van der Waals surface area contributed by atoms with Crippen LogP contribution >= 0.6 is 0 Å². The van der Waals surface area contributed by atoms with E-state index in [0.717, 1.165) is 53.4 Å². The predicted octanol–water partition coefficient (Wildman–Crippen LogP) is 5.92. The minimum atomic E-state index is -3.85. The van der Waals surface area contributed by atoms with Crippen molar-refractivity contribution >= 4 is 15.7 Å². The average molecular weight is 648 g/mol. The molecule has 0 spiro atoms. The molecule has 10 heteroatoms. The van der Waals surface area contributed by atoms with Gasteiger partial charge in [0.2, 0.25) is 10.0 Å². The first-order valence-corrected chi connectivity index (χ1v) is 17.4. The summed E-state index contributed by atoms with van der Waals surface area (Å²) in [6, 6.07) is 22.9. The van der Waals surface area contributed by atoms with Crippen molar-refractivity contribution in [3.8, 4) is 17.6 Å². The Morgan fingerprint density at radius 2 is 1.83 bits per heavy atom. The highest BCUT2D eigenvalue weighted by Crippen LogP contribution is 2.40. The maximum atomic E-state index is 14.2. The van der Waals surface area contributed by atoms with Crippen molar-refractivity contribution < 1.29 is 27.4 Å². The molecule has 246 valence electrons. The molecule has 4 atom stereocenters. The Labute approximate surface area is 273 Å². The molecule has 2 unspecified atom stereocenters. The summed E-state index contributed by atoms with van der Waals surface area (Å²) in [5.41, 5.74) is 4.06. The second kappa shape index (κ2) is 15.3. The van der Waals surface area contributed by atoms with Gasteiger partial charge in [-0.15, -0.1) is 0 Å². The van der Waals surface area contributed by atoms with E-state index in [1.165, 1.54) is 0 Å². The van der Waals surface area contributed by atoms with Crippen LogP contribution < -0.4 is 14.4 Å². The number of nitrogens with zero attached hydrogens (tertiary/aromatic N) is 3. The number of hydrogen-bond donors (Lipinski definition) is 0. The fourth-order valence-corrected chi connectivity index (χ4v) is 8.10. The van der Waals surface area contributed by atoms with Gasteiger partial charge in [-0.1, -0.05) is 35.9 Å². The van der Waals surface area contributed by atoms with E-state index in [1.807, 2.05) is 62.4 Å². The van der Waals surface area contributed by atoms with Crippen molar-refractivity contribution in [2.45, 2.75) is 62.7 Å². The van der Waals surface area contributed by atoms with Crippen molar-refractivity contribution in [3.05, 3.63) is 83.4 Å². The van der Waals surface area contributed by atoms with E-state index in [2.05, 4.69) is 17.0 Å². The third-order valence-electron chi connectivity index (χ3n) is 8.98. The number of methoxy groups -OCH3 is 2. The van der Waals surface area contributed by atoms with Gasteiger partial charge in [0.25, 0.3) is 0 Å². The summed E-state index contributed by atoms with van der Waals surface area (Å²) >= 11 is 0. The standard InChI is InChI=1S/C36H45N3O6S/c1-26-6-13-32(14-7-26)46(40,41)39-24-36(33(22-30(39)20-27(2)23-37)29-9-11-31(43-4)12-10-29)45-25-28-8-15-35-34(21-28)38(17-19-44-35)16-5-18-42-3/h6-15,21,27,30,33,36H,5,16-20,22,24-25H2,1-4H3/t27?,30-,33?,36-/m0/s1. The van der Waals surface area contributed by atoms with Gasteiger partial charge in [0.15, 0.2) is 0 Å². The molecule has 0 radical (unpaired) electrons. The number of hydrogen-bond acceptors (Lipinski definition) is 8. The van der Waals surface area contributed by atoms with Gasteiger partial charge in [-0.3, -0.25) is 0 Å². The summed E-state index contributed by atoms with van der Waals surface area (Å²) in [5, 5.41) is 9.69. The Kier molecular flexibility index (Phi) is 11.2. The summed E-state index contributed by atoms with van der Waals surface area (Å²) in [4.78, 5) is 2.57. The van der Waals surface area contributed by atoms with Crippen molar-refractivity contribution in [1.82, 2.24) is 4.31 Å². The van der Waals surface area contributed by atoms with Crippen LogP contribution in [0.4, 0.5) is 5.69 Å². The summed E-state index contributed by atoms with van der Waals surface area (Å²) in [6.45, 7) is 7.27. The van der Waals surface area contributed by atoms with Gasteiger partial charge in [0, 0.05) is 44.7 Å². The fraction of sp³-hybridized carbons (Fsp3) is 0.472. The van der Waals surface area contributed by atoms with Gasteiger partial charge in [-0.25, -0.2) is 8.42 Å². The molecule has 1 saturated heterocycles. The number of ether oxygens (including phenoxy) is 4. The van der Waals surface area contributed by atoms with E-state index < -0.39 is 16.1 Å². The maximum Gasteiger partial charge on any atom is 0.243 e. The summed E-state index contributed by atoms with van der Waals surface area (Å²) < 4.78 is 53.2. The lowest BCUT2D eigenvalue weighted by Crippen LogP contribution is -2.52. The van der Waals surface area contributed by atoms with Gasteiger partial charge >= 0.3 is 0 Å². The normalized spacial score (nSPS) is 20.8. The molecular weight excluding hydrogens is 602 g/mol. The monoisotopic (exact) mass is 647 g/mol. The summed E-state index contributed by atoms with van der Waals surface area (Å²) in [7, 11) is -0.503. The molecule has 9 nitrogen and oxygen atoms in total. The Morgan fingerprint density at radius 1 is 1.07 bits per heavy atom. The molecule has 2 heterocycles. The lowest BCUT2D eigenvalue weighted by atomic mass is 9.82. The van der Waals surface area contributed by atoms with Crippen LogP contribution in [-0.2, 0) is 26.1 Å². The van der Waals surface area contributed by atoms with E-state index in [-0.39, 0.29) is 29.3 Å². The van der Waals surface area contributed by atoms with Gasteiger partial charge in [0.1, 0.15) is 18.1 Å². The van der Waals surface area contributed by atoms with Gasteiger partial charge in [-0.2, -0.15) is 9.57 Å². The molecular formula is C36H45N3O6S. The van der Waals surface area contributed by atoms with Crippen molar-refractivity contribution in [2.24, 2.45) is 5.92 Å². The fourth-order valence-electron chi connectivity index (χ4n) is 6.44. The number of sulfonamides is 1. The molecule has 2 aliphatic rings. The molecule has 0 bridgehead atoms. The zero-order valence-electron chi connectivity index (χ0n) is 27.2. The van der Waals surface area contributed by atoms with Gasteiger partial charge in [-0.05, 0) is 80.6 Å². The Balaban J connectivity index is 1.45. The largest absolute Gasteiger partial charge is 0.497 e. The Hall–Kier alpha value is -3.62. The van der Waals surface area contributed by atoms with Crippen LogP contribution in [-0.4, -0.2) is 71.9 Å². The number of nitriles is 1. The van der Waals surface area contributed by atoms with Gasteiger partial charge < -0.3 is 23.8 Å². The first-order valence-electron chi connectivity index (χ1n) is 16.0. The van der Waals surface area contributed by atoms with E-state index >= 15 is 0 Å². The quantitative estimate of drug-likeness (QED) is 0.211. The molecule has 0 aliphatic carbocycles. The Bertz CT molecular complexity index is 1590. The topological polar surface area (TPSA) is 101 Å². The minimum absolute atomic E-state index is 0.0854. The zero-order valence-corrected chi connectivity index (χ0v) is 28.0. The minimum Gasteiger partial charge on any atom is -0.497 e. The van der Waals surface area contributed by atoms with Crippen LogP contribution in [0.5, 0.6) is 11.5 Å². The van der Waals surface area contributed by atoms with E-state index in [1.54, 1.807) is 30.7 Å². The number of anilines is 1. The molecule has 3 aromatic carbocycles.